The van der Waals surface area contributed by atoms with Crippen molar-refractivity contribution in [3.63, 3.8) is 0 Å². The van der Waals surface area contributed by atoms with Gasteiger partial charge in [-0.1, -0.05) is 6.07 Å². The Morgan fingerprint density at radius 2 is 1.77 bits per heavy atom. The van der Waals surface area contributed by atoms with Crippen LogP contribution in [0.2, 0.25) is 0 Å². The van der Waals surface area contributed by atoms with Crippen LogP contribution >= 0.6 is 0 Å². The summed E-state index contributed by atoms with van der Waals surface area (Å²) in [4.78, 5) is 29.2. The molecule has 2 amide bonds. The summed E-state index contributed by atoms with van der Waals surface area (Å²) in [5.41, 5.74) is 2.51. The first-order chi connectivity index (χ1) is 19.6. The summed E-state index contributed by atoms with van der Waals surface area (Å²) in [5.74, 6) is 3.58. The number of rotatable bonds is 7. The van der Waals surface area contributed by atoms with Crippen LogP contribution in [0.1, 0.15) is 6.92 Å². The number of benzene rings is 3. The van der Waals surface area contributed by atoms with Crippen molar-refractivity contribution in [2.45, 2.75) is 6.92 Å². The highest BCUT2D eigenvalue weighted by Gasteiger charge is 2.24. The highest BCUT2D eigenvalue weighted by Crippen LogP contribution is 2.35. The molecule has 1 aliphatic rings. The first kappa shape index (κ1) is 25.3. The van der Waals surface area contributed by atoms with E-state index < -0.39 is 0 Å². The van der Waals surface area contributed by atoms with Crippen LogP contribution in [-0.4, -0.2) is 65.8 Å². The van der Waals surface area contributed by atoms with Crippen molar-refractivity contribution in [1.29, 1.82) is 0 Å². The lowest BCUT2D eigenvalue weighted by molar-refractivity contribution is 0.208. The number of hydrogen-bond acceptors (Lipinski definition) is 7. The maximum atomic E-state index is 13.0. The molecule has 0 spiro atoms. The molecular weight excluding hydrogens is 508 g/mol. The normalized spacial score (nSPS) is 13.4. The summed E-state index contributed by atoms with van der Waals surface area (Å²) in [6.07, 6.45) is 3.45. The van der Waals surface area contributed by atoms with Gasteiger partial charge in [-0.15, -0.1) is 0 Å². The number of carbonyl (C=O) groups is 1. The number of aromatic amines is 1. The van der Waals surface area contributed by atoms with Gasteiger partial charge in [-0.3, -0.25) is 0 Å². The van der Waals surface area contributed by atoms with Gasteiger partial charge in [0.25, 0.3) is 0 Å². The molecule has 2 aromatic heterocycles. The van der Waals surface area contributed by atoms with Gasteiger partial charge in [0.05, 0.1) is 19.2 Å². The van der Waals surface area contributed by atoms with Gasteiger partial charge in [-0.25, -0.2) is 14.8 Å². The zero-order chi connectivity index (χ0) is 27.5. The standard InChI is InChI=1S/C30H30N6O4/c1-3-39-28-18-25-23(17-27(28)38-2)29(33-19-32-25)35-13-15-36(16-14-35)30(37)34-20-7-9-21(10-8-20)40-26-6-4-5-24-22(26)11-12-31-24/h4-12,17-19,31H,3,13-16H2,1-2H3,(H,34,37). The van der Waals surface area contributed by atoms with E-state index in [-0.39, 0.29) is 6.03 Å². The lowest BCUT2D eigenvalue weighted by atomic mass is 10.2. The van der Waals surface area contributed by atoms with Gasteiger partial charge in [0.2, 0.25) is 0 Å². The lowest BCUT2D eigenvalue weighted by Crippen LogP contribution is -2.50. The van der Waals surface area contributed by atoms with Crippen LogP contribution in [0, 0.1) is 0 Å². The first-order valence-electron chi connectivity index (χ1n) is 13.2. The van der Waals surface area contributed by atoms with Crippen molar-refractivity contribution in [3.8, 4) is 23.0 Å². The second kappa shape index (κ2) is 11.0. The third-order valence-corrected chi connectivity index (χ3v) is 6.95. The minimum atomic E-state index is -0.138. The third kappa shape index (κ3) is 5.03. The predicted molar refractivity (Wildman–Crippen MR) is 155 cm³/mol. The molecule has 6 rings (SSSR count). The van der Waals surface area contributed by atoms with Gasteiger partial charge in [0.1, 0.15) is 23.6 Å². The number of amides is 2. The van der Waals surface area contributed by atoms with Crippen LogP contribution in [0.5, 0.6) is 23.0 Å². The minimum Gasteiger partial charge on any atom is -0.493 e. The van der Waals surface area contributed by atoms with E-state index in [4.69, 9.17) is 14.2 Å². The molecule has 1 saturated heterocycles. The van der Waals surface area contributed by atoms with Gasteiger partial charge in [-0.05, 0) is 55.5 Å². The van der Waals surface area contributed by atoms with Gasteiger partial charge < -0.3 is 34.3 Å². The molecule has 0 aliphatic carbocycles. The number of ether oxygens (including phenoxy) is 3. The number of nitrogens with one attached hydrogen (secondary N) is 2. The second-order valence-electron chi connectivity index (χ2n) is 9.38. The molecule has 40 heavy (non-hydrogen) atoms. The number of methoxy groups -OCH3 is 1. The molecule has 0 saturated carbocycles. The Hall–Kier alpha value is -4.99. The molecule has 204 valence electrons. The van der Waals surface area contributed by atoms with E-state index in [1.54, 1.807) is 13.4 Å². The van der Waals surface area contributed by atoms with Crippen LogP contribution in [0.4, 0.5) is 16.3 Å². The molecule has 0 bridgehead atoms. The summed E-state index contributed by atoms with van der Waals surface area (Å²) < 4.78 is 17.3. The van der Waals surface area contributed by atoms with Crippen molar-refractivity contribution in [2.75, 3.05) is 50.1 Å². The minimum absolute atomic E-state index is 0.138. The molecule has 3 aromatic carbocycles. The molecule has 1 aliphatic heterocycles. The molecule has 1 fully saturated rings. The molecule has 3 heterocycles. The molecule has 10 nitrogen and oxygen atoms in total. The Labute approximate surface area is 231 Å². The number of urea groups is 1. The van der Waals surface area contributed by atoms with E-state index in [0.717, 1.165) is 33.4 Å². The molecule has 0 atom stereocenters. The lowest BCUT2D eigenvalue weighted by Gasteiger charge is -2.35. The Balaban J connectivity index is 1.08. The first-order valence-corrected chi connectivity index (χ1v) is 13.2. The van der Waals surface area contributed by atoms with Gasteiger partial charge in [-0.2, -0.15) is 0 Å². The number of nitrogens with zero attached hydrogens (tertiary/aromatic N) is 4. The monoisotopic (exact) mass is 538 g/mol. The van der Waals surface area contributed by atoms with Crippen molar-refractivity contribution in [3.05, 3.63) is 73.2 Å². The van der Waals surface area contributed by atoms with Crippen LogP contribution in [0.15, 0.2) is 73.2 Å². The molecular formula is C30H30N6O4. The van der Waals surface area contributed by atoms with Crippen molar-refractivity contribution in [1.82, 2.24) is 19.9 Å². The summed E-state index contributed by atoms with van der Waals surface area (Å²) >= 11 is 0. The zero-order valence-electron chi connectivity index (χ0n) is 22.4. The van der Waals surface area contributed by atoms with Gasteiger partial charge >= 0.3 is 6.03 Å². The zero-order valence-corrected chi connectivity index (χ0v) is 22.4. The van der Waals surface area contributed by atoms with E-state index in [2.05, 4.69) is 25.2 Å². The Morgan fingerprint density at radius 1 is 0.950 bits per heavy atom. The topological polar surface area (TPSA) is 105 Å². The molecule has 2 N–H and O–H groups in total. The Kier molecular flexibility index (Phi) is 6.96. The Bertz CT molecular complexity index is 1640. The molecule has 10 heteroatoms. The number of anilines is 2. The third-order valence-electron chi connectivity index (χ3n) is 6.95. The largest absolute Gasteiger partial charge is 0.493 e. The fourth-order valence-corrected chi connectivity index (χ4v) is 4.93. The molecule has 0 radical (unpaired) electrons. The van der Waals surface area contributed by atoms with Crippen molar-refractivity contribution in [2.24, 2.45) is 0 Å². The summed E-state index contributed by atoms with van der Waals surface area (Å²) in [6.45, 7) is 4.88. The van der Waals surface area contributed by atoms with E-state index in [1.807, 2.05) is 78.7 Å². The summed E-state index contributed by atoms with van der Waals surface area (Å²) in [7, 11) is 1.62. The maximum Gasteiger partial charge on any atom is 0.321 e. The van der Waals surface area contributed by atoms with Crippen LogP contribution in [0.3, 0.4) is 0 Å². The number of H-pyrrole nitrogens is 1. The molecule has 0 unspecified atom stereocenters. The Morgan fingerprint density at radius 3 is 2.55 bits per heavy atom. The van der Waals surface area contributed by atoms with E-state index in [1.165, 1.54) is 0 Å². The average molecular weight is 539 g/mol. The predicted octanol–water partition coefficient (Wildman–Crippen LogP) is 5.66. The SMILES string of the molecule is CCOc1cc2ncnc(N3CCN(C(=O)Nc4ccc(Oc5cccc6[nH]ccc56)cc4)CC3)c2cc1OC. The van der Waals surface area contributed by atoms with Crippen LogP contribution in [-0.2, 0) is 0 Å². The number of hydrogen-bond donors (Lipinski definition) is 2. The molecule has 5 aromatic rings. The second-order valence-corrected chi connectivity index (χ2v) is 9.38. The highest BCUT2D eigenvalue weighted by atomic mass is 16.5. The fraction of sp³-hybridized carbons (Fsp3) is 0.233. The average Bonchev–Trinajstić information content (AvgIpc) is 3.48. The van der Waals surface area contributed by atoms with Crippen LogP contribution in [0.25, 0.3) is 21.8 Å². The quantitative estimate of drug-likeness (QED) is 0.275. The van der Waals surface area contributed by atoms with Gasteiger partial charge in [0, 0.05) is 60.4 Å². The van der Waals surface area contributed by atoms with Crippen LogP contribution < -0.4 is 24.4 Å². The smallest absolute Gasteiger partial charge is 0.321 e. The number of piperazine rings is 1. The van der Waals surface area contributed by atoms with Gasteiger partial charge in [0.15, 0.2) is 11.5 Å². The van der Waals surface area contributed by atoms with E-state index in [0.29, 0.717) is 55.7 Å². The van der Waals surface area contributed by atoms with Crippen molar-refractivity contribution >= 4 is 39.3 Å². The highest BCUT2D eigenvalue weighted by molar-refractivity contribution is 5.93. The number of fused-ring (bicyclic) bond motifs is 2. The van der Waals surface area contributed by atoms with Crippen molar-refractivity contribution < 1.29 is 19.0 Å². The number of aromatic nitrogens is 3. The summed E-state index contributed by atoms with van der Waals surface area (Å²) in [5, 5.41) is 4.90. The summed E-state index contributed by atoms with van der Waals surface area (Å²) in [6, 6.07) is 18.9. The fourth-order valence-electron chi connectivity index (χ4n) is 4.93. The number of carbonyl (C=O) groups excluding carboxylic acids is 1. The maximum absolute atomic E-state index is 13.0. The van der Waals surface area contributed by atoms with E-state index in [9.17, 15) is 4.79 Å². The van der Waals surface area contributed by atoms with E-state index >= 15 is 0 Å².